The minimum Gasteiger partial charge on any atom is -0.334 e. The number of halogens is 4. The lowest BCUT2D eigenvalue weighted by Crippen LogP contribution is -2.35. The van der Waals surface area contributed by atoms with Crippen LogP contribution in [0.4, 0.5) is 13.2 Å². The molecule has 3 aromatic rings. The largest absolute Gasteiger partial charge is 0.471 e. The third kappa shape index (κ3) is 3.57. The highest BCUT2D eigenvalue weighted by molar-refractivity contribution is 7.15. The number of rotatable bonds is 2. The first-order chi connectivity index (χ1) is 12.8. The van der Waals surface area contributed by atoms with Gasteiger partial charge in [0.1, 0.15) is 0 Å². The van der Waals surface area contributed by atoms with Gasteiger partial charge in [-0.1, -0.05) is 16.8 Å². The molecule has 10 heteroatoms. The second kappa shape index (κ2) is 6.65. The number of amides is 1. The number of nitrogens with zero attached hydrogens (tertiary/aromatic N) is 3. The molecule has 0 aliphatic carbocycles. The van der Waals surface area contributed by atoms with E-state index in [9.17, 15) is 18.0 Å². The van der Waals surface area contributed by atoms with E-state index in [0.717, 1.165) is 10.4 Å². The van der Waals surface area contributed by atoms with Crippen molar-refractivity contribution in [2.24, 2.45) is 0 Å². The van der Waals surface area contributed by atoms with Crippen LogP contribution in [0, 0.1) is 0 Å². The molecular weight excluding hydrogens is 403 g/mol. The average Bonchev–Trinajstić information content (AvgIpc) is 3.27. The summed E-state index contributed by atoms with van der Waals surface area (Å²) in [5.74, 6) is -1.59. The Morgan fingerprint density at radius 2 is 2.00 bits per heavy atom. The Balaban J connectivity index is 1.55. The summed E-state index contributed by atoms with van der Waals surface area (Å²) in [6, 6.07) is 8.35. The van der Waals surface area contributed by atoms with E-state index in [0.29, 0.717) is 35.0 Å². The van der Waals surface area contributed by atoms with Gasteiger partial charge >= 0.3 is 12.1 Å². The van der Waals surface area contributed by atoms with Crippen LogP contribution in [0.5, 0.6) is 0 Å². The molecule has 0 unspecified atom stereocenters. The number of carbonyl (C=O) groups excluding carboxylic acids is 1. The standard InChI is InChI=1S/C17H11ClF3N3O2S/c18-11-3-1-9(2-4-11)15(25)24-6-5-12-10(8-24)7-13(27-12)14-22-16(26-23-14)17(19,20)21/h1-4,7H,5-6,8H2. The molecule has 1 amide bonds. The number of alkyl halides is 3. The maximum Gasteiger partial charge on any atom is 0.471 e. The summed E-state index contributed by atoms with van der Waals surface area (Å²) in [6.07, 6.45) is -4.06. The van der Waals surface area contributed by atoms with Gasteiger partial charge in [0, 0.05) is 28.6 Å². The van der Waals surface area contributed by atoms with Gasteiger partial charge in [0.25, 0.3) is 5.91 Å². The smallest absolute Gasteiger partial charge is 0.334 e. The molecule has 0 atom stereocenters. The Hall–Kier alpha value is -2.39. The lowest BCUT2D eigenvalue weighted by atomic mass is 10.1. The third-order valence-corrected chi connectivity index (χ3v) is 5.62. The lowest BCUT2D eigenvalue weighted by Gasteiger charge is -2.27. The topological polar surface area (TPSA) is 59.2 Å². The Morgan fingerprint density at radius 1 is 1.26 bits per heavy atom. The zero-order chi connectivity index (χ0) is 19.2. The van der Waals surface area contributed by atoms with Crippen molar-refractivity contribution in [3.8, 4) is 10.7 Å². The molecule has 140 valence electrons. The van der Waals surface area contributed by atoms with Crippen LogP contribution >= 0.6 is 22.9 Å². The first-order valence-electron chi connectivity index (χ1n) is 7.89. The molecule has 0 fully saturated rings. The monoisotopic (exact) mass is 413 g/mol. The zero-order valence-electron chi connectivity index (χ0n) is 13.6. The molecular formula is C17H11ClF3N3O2S. The van der Waals surface area contributed by atoms with E-state index in [2.05, 4.69) is 14.7 Å². The minimum atomic E-state index is -4.68. The highest BCUT2D eigenvalue weighted by Crippen LogP contribution is 2.35. The van der Waals surface area contributed by atoms with Gasteiger partial charge < -0.3 is 9.42 Å². The van der Waals surface area contributed by atoms with Crippen LogP contribution in [0.1, 0.15) is 26.7 Å². The Kier molecular flexibility index (Phi) is 4.43. The second-order valence-electron chi connectivity index (χ2n) is 5.96. The Labute approximate surface area is 160 Å². The van der Waals surface area contributed by atoms with Gasteiger partial charge in [0.2, 0.25) is 5.82 Å². The van der Waals surface area contributed by atoms with Crippen LogP contribution in [-0.4, -0.2) is 27.5 Å². The number of hydrogen-bond acceptors (Lipinski definition) is 5. The molecule has 27 heavy (non-hydrogen) atoms. The van der Waals surface area contributed by atoms with Crippen molar-refractivity contribution in [1.82, 2.24) is 15.0 Å². The first-order valence-corrected chi connectivity index (χ1v) is 9.08. The summed E-state index contributed by atoms with van der Waals surface area (Å²) in [5, 5.41) is 3.97. The van der Waals surface area contributed by atoms with E-state index in [4.69, 9.17) is 11.6 Å². The fraction of sp³-hybridized carbons (Fsp3) is 0.235. The van der Waals surface area contributed by atoms with Crippen LogP contribution in [0.3, 0.4) is 0 Å². The third-order valence-electron chi connectivity index (χ3n) is 4.13. The van der Waals surface area contributed by atoms with Crippen LogP contribution in [0.2, 0.25) is 5.02 Å². The summed E-state index contributed by atoms with van der Waals surface area (Å²) in [7, 11) is 0. The van der Waals surface area contributed by atoms with E-state index in [1.807, 2.05) is 0 Å². The summed E-state index contributed by atoms with van der Waals surface area (Å²) in [6.45, 7) is 0.895. The highest BCUT2D eigenvalue weighted by Gasteiger charge is 2.38. The predicted octanol–water partition coefficient (Wildman–Crippen LogP) is 4.67. The van der Waals surface area contributed by atoms with Gasteiger partial charge in [-0.3, -0.25) is 4.79 Å². The normalized spacial score (nSPS) is 14.3. The zero-order valence-corrected chi connectivity index (χ0v) is 15.2. The van der Waals surface area contributed by atoms with Crippen molar-refractivity contribution in [3.63, 3.8) is 0 Å². The lowest BCUT2D eigenvalue weighted by molar-refractivity contribution is -0.159. The van der Waals surface area contributed by atoms with Gasteiger partial charge in [-0.05, 0) is 42.3 Å². The van der Waals surface area contributed by atoms with Crippen LogP contribution < -0.4 is 0 Å². The van der Waals surface area contributed by atoms with E-state index in [1.54, 1.807) is 35.2 Å². The van der Waals surface area contributed by atoms with Crippen LogP contribution in [-0.2, 0) is 19.1 Å². The van der Waals surface area contributed by atoms with Gasteiger partial charge in [0.15, 0.2) is 0 Å². The number of fused-ring (bicyclic) bond motifs is 1. The second-order valence-corrected chi connectivity index (χ2v) is 7.54. The maximum atomic E-state index is 12.6. The van der Waals surface area contributed by atoms with Crippen LogP contribution in [0.25, 0.3) is 10.7 Å². The quantitative estimate of drug-likeness (QED) is 0.612. The Bertz CT molecular complexity index is 998. The highest BCUT2D eigenvalue weighted by atomic mass is 35.5. The predicted molar refractivity (Wildman–Crippen MR) is 92.5 cm³/mol. The van der Waals surface area contributed by atoms with Crippen molar-refractivity contribution >= 4 is 28.8 Å². The number of hydrogen-bond donors (Lipinski definition) is 0. The SMILES string of the molecule is O=C(c1ccc(Cl)cc1)N1CCc2sc(-c3noc(C(F)(F)F)n3)cc2C1. The van der Waals surface area contributed by atoms with Gasteiger partial charge in [0.05, 0.1) is 4.88 Å². The molecule has 0 saturated carbocycles. The molecule has 0 N–H and O–H groups in total. The molecule has 0 saturated heterocycles. The molecule has 2 aromatic heterocycles. The molecule has 1 aliphatic heterocycles. The molecule has 4 rings (SSSR count). The van der Waals surface area contributed by atoms with E-state index in [-0.39, 0.29) is 11.7 Å². The molecule has 0 radical (unpaired) electrons. The van der Waals surface area contributed by atoms with E-state index >= 15 is 0 Å². The number of thiophene rings is 1. The van der Waals surface area contributed by atoms with Crippen molar-refractivity contribution in [2.45, 2.75) is 19.1 Å². The molecule has 0 bridgehead atoms. The van der Waals surface area contributed by atoms with E-state index < -0.39 is 12.1 Å². The van der Waals surface area contributed by atoms with E-state index in [1.165, 1.54) is 11.3 Å². The minimum absolute atomic E-state index is 0.0997. The van der Waals surface area contributed by atoms with Crippen molar-refractivity contribution < 1.29 is 22.5 Å². The van der Waals surface area contributed by atoms with Crippen LogP contribution in [0.15, 0.2) is 34.9 Å². The maximum absolute atomic E-state index is 12.6. The Morgan fingerprint density at radius 3 is 2.67 bits per heavy atom. The number of carbonyl (C=O) groups is 1. The summed E-state index contributed by atoms with van der Waals surface area (Å²) in [5.41, 5.74) is 1.41. The van der Waals surface area contributed by atoms with Crippen molar-refractivity contribution in [3.05, 3.63) is 57.2 Å². The molecule has 1 aromatic carbocycles. The fourth-order valence-electron chi connectivity index (χ4n) is 2.83. The molecule has 5 nitrogen and oxygen atoms in total. The summed E-state index contributed by atoms with van der Waals surface area (Å²) in [4.78, 5) is 19.2. The summed E-state index contributed by atoms with van der Waals surface area (Å²) < 4.78 is 42.2. The van der Waals surface area contributed by atoms with Gasteiger partial charge in [-0.2, -0.15) is 18.2 Å². The fourth-order valence-corrected chi connectivity index (χ4v) is 4.05. The molecule has 0 spiro atoms. The van der Waals surface area contributed by atoms with Gasteiger partial charge in [-0.25, -0.2) is 0 Å². The first kappa shape index (κ1) is 18.0. The number of aromatic nitrogens is 2. The number of benzene rings is 1. The van der Waals surface area contributed by atoms with Crippen molar-refractivity contribution in [2.75, 3.05) is 6.54 Å². The molecule has 3 heterocycles. The average molecular weight is 414 g/mol. The summed E-state index contributed by atoms with van der Waals surface area (Å²) >= 11 is 7.16. The molecule has 1 aliphatic rings. The van der Waals surface area contributed by atoms with Crippen molar-refractivity contribution in [1.29, 1.82) is 0 Å². The van der Waals surface area contributed by atoms with Gasteiger partial charge in [-0.15, -0.1) is 11.3 Å².